The van der Waals surface area contributed by atoms with E-state index in [1.54, 1.807) is 23.1 Å². The van der Waals surface area contributed by atoms with Crippen LogP contribution in [0.1, 0.15) is 23.2 Å². The van der Waals surface area contributed by atoms with Crippen molar-refractivity contribution < 1.29 is 24.2 Å². The molecule has 0 atom stereocenters. The van der Waals surface area contributed by atoms with Crippen LogP contribution in [0, 0.1) is 5.92 Å². The second-order valence-corrected chi connectivity index (χ2v) is 4.94. The molecule has 114 valence electrons. The molecule has 0 radical (unpaired) electrons. The molecule has 1 N–H and O–H groups in total. The molecule has 21 heavy (non-hydrogen) atoms. The van der Waals surface area contributed by atoms with Gasteiger partial charge in [-0.2, -0.15) is 0 Å². The van der Waals surface area contributed by atoms with Gasteiger partial charge in [0, 0.05) is 13.1 Å². The fourth-order valence-electron chi connectivity index (χ4n) is 2.55. The smallest absolute Gasteiger partial charge is 0.306 e. The highest BCUT2D eigenvalue weighted by atomic mass is 16.5. The predicted octanol–water partition coefficient (Wildman–Crippen LogP) is 1.64. The van der Waals surface area contributed by atoms with Crippen molar-refractivity contribution in [1.29, 1.82) is 0 Å². The van der Waals surface area contributed by atoms with Crippen LogP contribution in [-0.4, -0.2) is 49.2 Å². The summed E-state index contributed by atoms with van der Waals surface area (Å²) in [5.74, 6) is -0.432. The number of carbonyl (C=O) groups is 2. The first-order valence-corrected chi connectivity index (χ1v) is 6.81. The summed E-state index contributed by atoms with van der Waals surface area (Å²) >= 11 is 0. The summed E-state index contributed by atoms with van der Waals surface area (Å²) in [5.41, 5.74) is 0.385. The van der Waals surface area contributed by atoms with Crippen LogP contribution in [0.15, 0.2) is 18.2 Å². The standard InChI is InChI=1S/C15H19NO5/c1-20-11-4-3-5-12(21-2)13(11)14(17)16-8-6-10(7-9-16)15(18)19/h3-5,10H,6-9H2,1-2H3,(H,18,19). The molecule has 2 rings (SSSR count). The van der Waals surface area contributed by atoms with Gasteiger partial charge < -0.3 is 19.5 Å². The first-order valence-electron chi connectivity index (χ1n) is 6.81. The van der Waals surface area contributed by atoms with Gasteiger partial charge >= 0.3 is 5.97 Å². The second kappa shape index (κ2) is 6.47. The molecule has 0 saturated carbocycles. The summed E-state index contributed by atoms with van der Waals surface area (Å²) < 4.78 is 10.5. The highest BCUT2D eigenvalue weighted by Crippen LogP contribution is 2.30. The highest BCUT2D eigenvalue weighted by molar-refractivity contribution is 5.99. The van der Waals surface area contributed by atoms with Gasteiger partial charge in [-0.15, -0.1) is 0 Å². The number of nitrogens with zero attached hydrogens (tertiary/aromatic N) is 1. The van der Waals surface area contributed by atoms with Crippen molar-refractivity contribution in [1.82, 2.24) is 4.90 Å². The Labute approximate surface area is 123 Å². The van der Waals surface area contributed by atoms with Gasteiger partial charge in [0.05, 0.1) is 20.1 Å². The summed E-state index contributed by atoms with van der Waals surface area (Å²) in [5, 5.41) is 9.00. The normalized spacial score (nSPS) is 15.6. The van der Waals surface area contributed by atoms with Crippen molar-refractivity contribution in [3.8, 4) is 11.5 Å². The Morgan fingerprint density at radius 3 is 2.10 bits per heavy atom. The summed E-state index contributed by atoms with van der Waals surface area (Å²) in [4.78, 5) is 25.3. The number of rotatable bonds is 4. The zero-order chi connectivity index (χ0) is 15.4. The van der Waals surface area contributed by atoms with E-state index in [1.807, 2.05) is 0 Å². The van der Waals surface area contributed by atoms with E-state index in [2.05, 4.69) is 0 Å². The molecule has 1 amide bonds. The van der Waals surface area contributed by atoms with Gasteiger partial charge in [0.25, 0.3) is 5.91 Å². The third-order valence-corrected chi connectivity index (χ3v) is 3.77. The van der Waals surface area contributed by atoms with Crippen LogP contribution < -0.4 is 9.47 Å². The zero-order valence-corrected chi connectivity index (χ0v) is 12.2. The molecule has 6 heteroatoms. The lowest BCUT2D eigenvalue weighted by atomic mass is 9.96. The minimum Gasteiger partial charge on any atom is -0.496 e. The van der Waals surface area contributed by atoms with Crippen LogP contribution in [0.3, 0.4) is 0 Å². The van der Waals surface area contributed by atoms with Crippen LogP contribution in [0.2, 0.25) is 0 Å². The first-order chi connectivity index (χ1) is 10.1. The predicted molar refractivity (Wildman–Crippen MR) is 75.8 cm³/mol. The number of aliphatic carboxylic acids is 1. The number of carbonyl (C=O) groups excluding carboxylic acids is 1. The van der Waals surface area contributed by atoms with E-state index in [9.17, 15) is 9.59 Å². The molecule has 1 saturated heterocycles. The molecule has 0 bridgehead atoms. The van der Waals surface area contributed by atoms with Crippen LogP contribution in [-0.2, 0) is 4.79 Å². The lowest BCUT2D eigenvalue weighted by Crippen LogP contribution is -2.40. The number of likely N-dealkylation sites (tertiary alicyclic amines) is 1. The Hall–Kier alpha value is -2.24. The van der Waals surface area contributed by atoms with Crippen LogP contribution >= 0.6 is 0 Å². The van der Waals surface area contributed by atoms with Gasteiger partial charge in [-0.3, -0.25) is 9.59 Å². The SMILES string of the molecule is COc1cccc(OC)c1C(=O)N1CCC(C(=O)O)CC1. The third kappa shape index (κ3) is 3.09. The van der Waals surface area contributed by atoms with Crippen LogP contribution in [0.25, 0.3) is 0 Å². The number of benzene rings is 1. The van der Waals surface area contributed by atoms with Gasteiger partial charge in [0.1, 0.15) is 17.1 Å². The topological polar surface area (TPSA) is 76.1 Å². The van der Waals surface area contributed by atoms with E-state index in [-0.39, 0.29) is 11.8 Å². The molecular formula is C15H19NO5. The van der Waals surface area contributed by atoms with Crippen molar-refractivity contribution >= 4 is 11.9 Å². The molecule has 1 aliphatic rings. The molecule has 1 heterocycles. The van der Waals surface area contributed by atoms with E-state index in [0.717, 1.165) is 0 Å². The van der Waals surface area contributed by atoms with Crippen molar-refractivity contribution in [2.75, 3.05) is 27.3 Å². The maximum Gasteiger partial charge on any atom is 0.306 e. The summed E-state index contributed by atoms with van der Waals surface area (Å²) in [7, 11) is 3.00. The Bertz CT molecular complexity index is 513. The number of hydrogen-bond donors (Lipinski definition) is 1. The monoisotopic (exact) mass is 293 g/mol. The fourth-order valence-corrected chi connectivity index (χ4v) is 2.55. The third-order valence-electron chi connectivity index (χ3n) is 3.77. The Morgan fingerprint density at radius 2 is 1.67 bits per heavy atom. The number of carboxylic acids is 1. The fraction of sp³-hybridized carbons (Fsp3) is 0.467. The quantitative estimate of drug-likeness (QED) is 0.913. The average Bonchev–Trinajstić information content (AvgIpc) is 2.53. The van der Waals surface area contributed by atoms with Gasteiger partial charge in [-0.25, -0.2) is 0 Å². The van der Waals surface area contributed by atoms with Crippen molar-refractivity contribution in [3.05, 3.63) is 23.8 Å². The molecule has 0 spiro atoms. The van der Waals surface area contributed by atoms with Gasteiger partial charge in [0.2, 0.25) is 0 Å². The summed E-state index contributed by atoms with van der Waals surface area (Å²) in [6.45, 7) is 0.855. The first kappa shape index (κ1) is 15.2. The summed E-state index contributed by atoms with van der Waals surface area (Å²) in [6.07, 6.45) is 0.942. The molecule has 0 aromatic heterocycles. The van der Waals surface area contributed by atoms with Crippen LogP contribution in [0.4, 0.5) is 0 Å². The minimum absolute atomic E-state index is 0.187. The number of carboxylic acid groups (broad SMARTS) is 1. The Kier molecular flexibility index (Phi) is 4.67. The molecular weight excluding hydrogens is 274 g/mol. The number of piperidine rings is 1. The van der Waals surface area contributed by atoms with E-state index >= 15 is 0 Å². The van der Waals surface area contributed by atoms with E-state index in [1.165, 1.54) is 14.2 Å². The number of amides is 1. The number of hydrogen-bond acceptors (Lipinski definition) is 4. The van der Waals surface area contributed by atoms with Crippen molar-refractivity contribution in [2.45, 2.75) is 12.8 Å². The molecule has 0 unspecified atom stereocenters. The molecule has 1 aromatic carbocycles. The second-order valence-electron chi connectivity index (χ2n) is 4.94. The summed E-state index contributed by atoms with van der Waals surface area (Å²) in [6, 6.07) is 5.17. The molecule has 1 aliphatic heterocycles. The van der Waals surface area contributed by atoms with Crippen molar-refractivity contribution in [3.63, 3.8) is 0 Å². The molecule has 0 aliphatic carbocycles. The van der Waals surface area contributed by atoms with E-state index in [4.69, 9.17) is 14.6 Å². The lowest BCUT2D eigenvalue weighted by Gasteiger charge is -2.30. The lowest BCUT2D eigenvalue weighted by molar-refractivity contribution is -0.143. The van der Waals surface area contributed by atoms with E-state index < -0.39 is 5.97 Å². The maximum absolute atomic E-state index is 12.7. The van der Waals surface area contributed by atoms with Gasteiger partial charge in [0.15, 0.2) is 0 Å². The van der Waals surface area contributed by atoms with Gasteiger partial charge in [-0.05, 0) is 25.0 Å². The average molecular weight is 293 g/mol. The molecule has 1 fully saturated rings. The maximum atomic E-state index is 12.7. The minimum atomic E-state index is -0.794. The zero-order valence-electron chi connectivity index (χ0n) is 12.2. The van der Waals surface area contributed by atoms with E-state index in [0.29, 0.717) is 43.0 Å². The van der Waals surface area contributed by atoms with Crippen molar-refractivity contribution in [2.24, 2.45) is 5.92 Å². The Morgan fingerprint density at radius 1 is 1.14 bits per heavy atom. The number of methoxy groups -OCH3 is 2. The Balaban J connectivity index is 2.19. The van der Waals surface area contributed by atoms with Crippen LogP contribution in [0.5, 0.6) is 11.5 Å². The molecule has 6 nitrogen and oxygen atoms in total. The van der Waals surface area contributed by atoms with Gasteiger partial charge in [-0.1, -0.05) is 6.07 Å². The largest absolute Gasteiger partial charge is 0.496 e. The molecule has 1 aromatic rings. The highest BCUT2D eigenvalue weighted by Gasteiger charge is 2.30. The number of ether oxygens (including phenoxy) is 2.